The zero-order valence-corrected chi connectivity index (χ0v) is 8.84. The van der Waals surface area contributed by atoms with Gasteiger partial charge in [-0.2, -0.15) is 0 Å². The van der Waals surface area contributed by atoms with Crippen LogP contribution in [0.5, 0.6) is 0 Å². The molecule has 0 aliphatic carbocycles. The molecule has 1 rings (SSSR count). The molecule has 1 N–H and O–H groups in total. The van der Waals surface area contributed by atoms with Crippen LogP contribution in [-0.4, -0.2) is 12.2 Å². The first-order valence-electron chi connectivity index (χ1n) is 4.31. The van der Waals surface area contributed by atoms with Crippen molar-refractivity contribution in [2.45, 2.75) is 20.0 Å². The predicted molar refractivity (Wildman–Crippen MR) is 56.7 cm³/mol. The number of para-hydroxylation sites is 1. The minimum atomic E-state index is -0.492. The van der Waals surface area contributed by atoms with Gasteiger partial charge in [0, 0.05) is 0 Å². The molecular weight excluding hydrogens is 202 g/mol. The second kappa shape index (κ2) is 4.86. The number of benzene rings is 1. The maximum Gasteiger partial charge on any atom is 0.411 e. The third kappa shape index (κ3) is 3.26. The molecule has 0 spiro atoms. The van der Waals surface area contributed by atoms with E-state index in [9.17, 15) is 4.79 Å². The van der Waals surface area contributed by atoms with Crippen LogP contribution in [0.1, 0.15) is 13.8 Å². The smallest absolute Gasteiger partial charge is 0.411 e. The molecule has 0 saturated heterocycles. The molecule has 0 bridgehead atoms. The number of nitrogens with one attached hydrogen (secondary N) is 1. The van der Waals surface area contributed by atoms with Crippen LogP contribution in [0.2, 0.25) is 5.02 Å². The molecule has 0 atom stereocenters. The fourth-order valence-corrected chi connectivity index (χ4v) is 1.10. The van der Waals surface area contributed by atoms with Gasteiger partial charge in [-0.25, -0.2) is 4.79 Å². The van der Waals surface area contributed by atoms with Crippen molar-refractivity contribution in [2.24, 2.45) is 0 Å². The van der Waals surface area contributed by atoms with Gasteiger partial charge in [-0.05, 0) is 26.0 Å². The average molecular weight is 214 g/mol. The average Bonchev–Trinajstić information content (AvgIpc) is 2.07. The molecule has 0 heterocycles. The minimum absolute atomic E-state index is 0.141. The molecule has 0 saturated carbocycles. The molecule has 0 aliphatic heterocycles. The highest BCUT2D eigenvalue weighted by Crippen LogP contribution is 2.20. The number of rotatable bonds is 2. The van der Waals surface area contributed by atoms with Gasteiger partial charge in [0.15, 0.2) is 0 Å². The zero-order valence-electron chi connectivity index (χ0n) is 8.08. The summed E-state index contributed by atoms with van der Waals surface area (Å²) < 4.78 is 4.90. The molecule has 14 heavy (non-hydrogen) atoms. The van der Waals surface area contributed by atoms with Crippen LogP contribution in [0.15, 0.2) is 24.3 Å². The Morgan fingerprint density at radius 3 is 2.64 bits per heavy atom. The summed E-state index contributed by atoms with van der Waals surface area (Å²) in [5.74, 6) is 0. The molecule has 1 aromatic rings. The number of anilines is 1. The molecule has 0 aliphatic rings. The van der Waals surface area contributed by atoms with Crippen LogP contribution < -0.4 is 5.32 Å². The third-order valence-corrected chi connectivity index (χ3v) is 1.78. The topological polar surface area (TPSA) is 38.3 Å². The summed E-state index contributed by atoms with van der Waals surface area (Å²) in [5, 5.41) is 3.04. The van der Waals surface area contributed by atoms with Crippen molar-refractivity contribution in [3.63, 3.8) is 0 Å². The van der Waals surface area contributed by atoms with E-state index in [1.165, 1.54) is 0 Å². The Morgan fingerprint density at radius 1 is 1.43 bits per heavy atom. The van der Waals surface area contributed by atoms with Crippen LogP contribution in [0.3, 0.4) is 0 Å². The summed E-state index contributed by atoms with van der Waals surface area (Å²) in [6.07, 6.45) is -0.634. The van der Waals surface area contributed by atoms with Crippen LogP contribution in [0, 0.1) is 0 Å². The summed E-state index contributed by atoms with van der Waals surface area (Å²) in [4.78, 5) is 11.2. The van der Waals surface area contributed by atoms with Crippen molar-refractivity contribution in [1.82, 2.24) is 0 Å². The summed E-state index contributed by atoms with van der Waals surface area (Å²) in [6.45, 7) is 3.57. The lowest BCUT2D eigenvalue weighted by molar-refractivity contribution is 0.130. The van der Waals surface area contributed by atoms with E-state index in [-0.39, 0.29) is 6.10 Å². The Hall–Kier alpha value is -1.22. The fraction of sp³-hybridized carbons (Fsp3) is 0.300. The number of amides is 1. The van der Waals surface area contributed by atoms with Gasteiger partial charge in [0.25, 0.3) is 0 Å². The van der Waals surface area contributed by atoms with Crippen molar-refractivity contribution < 1.29 is 9.53 Å². The maximum absolute atomic E-state index is 11.2. The van der Waals surface area contributed by atoms with Crippen LogP contribution >= 0.6 is 11.6 Å². The second-order valence-electron chi connectivity index (χ2n) is 3.06. The Morgan fingerprint density at radius 2 is 2.07 bits per heavy atom. The Balaban J connectivity index is 2.61. The number of carbonyl (C=O) groups is 1. The van der Waals surface area contributed by atoms with E-state index in [4.69, 9.17) is 16.3 Å². The quantitative estimate of drug-likeness (QED) is 0.819. The highest BCUT2D eigenvalue weighted by molar-refractivity contribution is 6.33. The highest BCUT2D eigenvalue weighted by atomic mass is 35.5. The number of ether oxygens (including phenoxy) is 1. The van der Waals surface area contributed by atoms with Crippen molar-refractivity contribution in [1.29, 1.82) is 0 Å². The third-order valence-electron chi connectivity index (χ3n) is 1.45. The van der Waals surface area contributed by atoms with Gasteiger partial charge in [-0.15, -0.1) is 0 Å². The second-order valence-corrected chi connectivity index (χ2v) is 3.47. The number of hydrogen-bond donors (Lipinski definition) is 1. The summed E-state index contributed by atoms with van der Waals surface area (Å²) in [7, 11) is 0. The van der Waals surface area contributed by atoms with E-state index in [1.807, 2.05) is 0 Å². The van der Waals surface area contributed by atoms with Crippen molar-refractivity contribution >= 4 is 23.4 Å². The van der Waals surface area contributed by atoms with Gasteiger partial charge in [-0.1, -0.05) is 23.7 Å². The van der Waals surface area contributed by atoms with Gasteiger partial charge in [0.1, 0.15) is 0 Å². The predicted octanol–water partition coefficient (Wildman–Crippen LogP) is 3.30. The first-order chi connectivity index (χ1) is 6.59. The lowest BCUT2D eigenvalue weighted by Crippen LogP contribution is -2.18. The van der Waals surface area contributed by atoms with Gasteiger partial charge in [0.05, 0.1) is 16.8 Å². The van der Waals surface area contributed by atoms with Crippen molar-refractivity contribution in [2.75, 3.05) is 5.32 Å². The van der Waals surface area contributed by atoms with E-state index in [2.05, 4.69) is 5.32 Å². The minimum Gasteiger partial charge on any atom is -0.447 e. The first-order valence-corrected chi connectivity index (χ1v) is 4.69. The normalized spacial score (nSPS) is 10.0. The van der Waals surface area contributed by atoms with E-state index >= 15 is 0 Å². The molecule has 0 fully saturated rings. The van der Waals surface area contributed by atoms with Gasteiger partial charge in [0.2, 0.25) is 0 Å². The molecular formula is C10H12ClNO2. The van der Waals surface area contributed by atoms with Gasteiger partial charge >= 0.3 is 6.09 Å². The summed E-state index contributed by atoms with van der Waals surface area (Å²) in [6, 6.07) is 6.99. The maximum atomic E-state index is 11.2. The van der Waals surface area contributed by atoms with Crippen LogP contribution in [-0.2, 0) is 4.74 Å². The molecule has 1 aromatic carbocycles. The summed E-state index contributed by atoms with van der Waals surface area (Å²) in [5.41, 5.74) is 0.555. The molecule has 4 heteroatoms. The largest absolute Gasteiger partial charge is 0.447 e. The first kappa shape index (κ1) is 10.9. The molecule has 0 radical (unpaired) electrons. The molecule has 3 nitrogen and oxygen atoms in total. The van der Waals surface area contributed by atoms with E-state index in [0.29, 0.717) is 10.7 Å². The summed E-state index contributed by atoms with van der Waals surface area (Å²) >= 11 is 5.83. The van der Waals surface area contributed by atoms with Gasteiger partial charge in [-0.3, -0.25) is 5.32 Å². The Labute approximate surface area is 88.0 Å². The lowest BCUT2D eigenvalue weighted by Gasteiger charge is -2.10. The van der Waals surface area contributed by atoms with E-state index in [0.717, 1.165) is 0 Å². The lowest BCUT2D eigenvalue weighted by atomic mass is 10.3. The number of carbonyl (C=O) groups excluding carboxylic acids is 1. The Bertz CT molecular complexity index is 326. The van der Waals surface area contributed by atoms with Crippen molar-refractivity contribution in [3.8, 4) is 0 Å². The van der Waals surface area contributed by atoms with Crippen LogP contribution in [0.25, 0.3) is 0 Å². The number of hydrogen-bond acceptors (Lipinski definition) is 2. The van der Waals surface area contributed by atoms with E-state index < -0.39 is 6.09 Å². The SMILES string of the molecule is CC(C)OC(=O)Nc1ccccc1Cl. The number of halogens is 1. The molecule has 0 unspecified atom stereocenters. The van der Waals surface area contributed by atoms with Crippen molar-refractivity contribution in [3.05, 3.63) is 29.3 Å². The fourth-order valence-electron chi connectivity index (χ4n) is 0.916. The molecule has 1 amide bonds. The molecule has 76 valence electrons. The zero-order chi connectivity index (χ0) is 10.6. The van der Waals surface area contributed by atoms with E-state index in [1.54, 1.807) is 38.1 Å². The molecule has 0 aromatic heterocycles. The highest BCUT2D eigenvalue weighted by Gasteiger charge is 2.06. The standard InChI is InChI=1S/C10H12ClNO2/c1-7(2)14-10(13)12-9-6-4-3-5-8(9)11/h3-7H,1-2H3,(H,12,13). The monoisotopic (exact) mass is 213 g/mol. The van der Waals surface area contributed by atoms with Gasteiger partial charge < -0.3 is 4.74 Å². The Kier molecular flexibility index (Phi) is 3.77. The van der Waals surface area contributed by atoms with Crippen LogP contribution in [0.4, 0.5) is 10.5 Å².